The van der Waals surface area contributed by atoms with Crippen LogP contribution in [0.1, 0.15) is 44.6 Å². The van der Waals surface area contributed by atoms with Crippen LogP contribution in [0.15, 0.2) is 30.5 Å². The molecular formula is C23H26N2O4. The number of carbonyl (C=O) groups is 2. The van der Waals surface area contributed by atoms with Crippen molar-refractivity contribution < 1.29 is 19.2 Å². The van der Waals surface area contributed by atoms with Gasteiger partial charge in [0, 0.05) is 23.5 Å². The molecule has 6 nitrogen and oxygen atoms in total. The molecule has 2 aromatic rings. The van der Waals surface area contributed by atoms with Gasteiger partial charge < -0.3 is 14.6 Å². The second kappa shape index (κ2) is 6.00. The van der Waals surface area contributed by atoms with E-state index in [2.05, 4.69) is 4.98 Å². The van der Waals surface area contributed by atoms with E-state index in [-0.39, 0.29) is 12.1 Å². The molecule has 1 aliphatic heterocycles. The predicted molar refractivity (Wildman–Crippen MR) is 106 cm³/mol. The molecule has 2 heterocycles. The van der Waals surface area contributed by atoms with E-state index >= 15 is 0 Å². The summed E-state index contributed by atoms with van der Waals surface area (Å²) in [4.78, 5) is 33.6. The number of H-pyrrole nitrogens is 1. The lowest BCUT2D eigenvalue weighted by atomic mass is 9.55. The summed E-state index contributed by atoms with van der Waals surface area (Å²) in [5.74, 6) is 2.27. The van der Waals surface area contributed by atoms with Crippen LogP contribution in [0, 0.1) is 23.7 Å². The van der Waals surface area contributed by atoms with Crippen LogP contribution in [0.25, 0.3) is 10.9 Å². The average molecular weight is 394 g/mol. The van der Waals surface area contributed by atoms with Gasteiger partial charge in [0.25, 0.3) is 0 Å². The number of carbonyl (C=O) groups excluding carboxylic acids is 2. The molecule has 1 amide bonds. The van der Waals surface area contributed by atoms with Gasteiger partial charge in [-0.05, 0) is 74.3 Å². The second-order valence-electron chi connectivity index (χ2n) is 9.76. The van der Waals surface area contributed by atoms with E-state index in [9.17, 15) is 9.59 Å². The number of fused-ring (bicyclic) bond motifs is 1. The summed E-state index contributed by atoms with van der Waals surface area (Å²) in [6.07, 6.45) is 7.89. The zero-order chi connectivity index (χ0) is 19.8. The Morgan fingerprint density at radius 1 is 1.17 bits per heavy atom. The van der Waals surface area contributed by atoms with Crippen molar-refractivity contribution in [3.63, 3.8) is 0 Å². The van der Waals surface area contributed by atoms with Crippen LogP contribution in [0.2, 0.25) is 0 Å². The number of esters is 1. The van der Waals surface area contributed by atoms with Gasteiger partial charge in [0.15, 0.2) is 5.54 Å². The molecule has 6 heteroatoms. The first kappa shape index (κ1) is 17.4. The van der Waals surface area contributed by atoms with Gasteiger partial charge in [-0.2, -0.15) is 0 Å². The Labute approximate surface area is 169 Å². The minimum atomic E-state index is -1.16. The Bertz CT molecular complexity index is 970. The Morgan fingerprint density at radius 3 is 2.48 bits per heavy atom. The van der Waals surface area contributed by atoms with E-state index in [4.69, 9.17) is 9.57 Å². The number of aromatic nitrogens is 1. The first-order valence-electron chi connectivity index (χ1n) is 10.8. The van der Waals surface area contributed by atoms with Crippen LogP contribution in [0.4, 0.5) is 4.79 Å². The van der Waals surface area contributed by atoms with E-state index in [1.54, 1.807) is 6.92 Å². The van der Waals surface area contributed by atoms with E-state index in [0.717, 1.165) is 28.3 Å². The van der Waals surface area contributed by atoms with Crippen molar-refractivity contribution in [2.45, 2.75) is 57.1 Å². The molecule has 1 unspecified atom stereocenters. The largest absolute Gasteiger partial charge is 0.469 e. The average Bonchev–Trinajstić information content (AvgIpc) is 3.32. The van der Waals surface area contributed by atoms with Crippen LogP contribution in [0.3, 0.4) is 0 Å². The quantitative estimate of drug-likeness (QED) is 0.609. The SMILES string of the molecule is CC(Cc1c[nH]c2ccccc12)(C(=O)OC1C2CC3CC(C2)CC1C3)N1OC1=O. The van der Waals surface area contributed by atoms with Crippen LogP contribution in [-0.4, -0.2) is 33.8 Å². The molecule has 1 aromatic carbocycles. The Hall–Kier alpha value is -2.50. The number of rotatable bonds is 5. The van der Waals surface area contributed by atoms with Gasteiger partial charge in [-0.3, -0.25) is 0 Å². The lowest BCUT2D eigenvalue weighted by molar-refractivity contribution is -0.183. The molecule has 29 heavy (non-hydrogen) atoms. The number of ether oxygens (including phenoxy) is 1. The molecular weight excluding hydrogens is 368 g/mol. The standard InChI is InChI=1S/C23H26N2O4/c1-23(25-22(27)29-25,11-17-12-24-19-5-3-2-4-18(17)19)21(26)28-20-15-7-13-6-14(9-15)10-16(20)8-13/h2-5,12-16,20,24H,6-11H2,1H3. The van der Waals surface area contributed by atoms with Gasteiger partial charge >= 0.3 is 12.1 Å². The van der Waals surface area contributed by atoms with E-state index in [1.165, 1.54) is 37.2 Å². The Morgan fingerprint density at radius 2 is 1.83 bits per heavy atom. The minimum Gasteiger partial charge on any atom is -0.460 e. The van der Waals surface area contributed by atoms with Crippen LogP contribution < -0.4 is 0 Å². The lowest BCUT2D eigenvalue weighted by Crippen LogP contribution is -2.54. The highest BCUT2D eigenvalue weighted by atomic mass is 16.9. The molecule has 1 atom stereocenters. The van der Waals surface area contributed by atoms with Crippen LogP contribution in [-0.2, 0) is 20.8 Å². The predicted octanol–water partition coefficient (Wildman–Crippen LogP) is 4.20. The van der Waals surface area contributed by atoms with E-state index in [0.29, 0.717) is 18.3 Å². The van der Waals surface area contributed by atoms with Crippen LogP contribution >= 0.6 is 0 Å². The zero-order valence-corrected chi connectivity index (χ0v) is 16.6. The maximum atomic E-state index is 13.4. The molecule has 5 fully saturated rings. The number of hydroxylamine groups is 2. The van der Waals surface area contributed by atoms with Gasteiger partial charge in [-0.1, -0.05) is 18.2 Å². The fourth-order valence-electron chi connectivity index (χ4n) is 6.55. The Kier molecular flexibility index (Phi) is 3.59. The van der Waals surface area contributed by atoms with Crippen LogP contribution in [0.5, 0.6) is 0 Å². The van der Waals surface area contributed by atoms with Gasteiger partial charge in [-0.15, -0.1) is 5.06 Å². The highest BCUT2D eigenvalue weighted by Gasteiger charge is 2.58. The summed E-state index contributed by atoms with van der Waals surface area (Å²) >= 11 is 0. The maximum absolute atomic E-state index is 13.4. The minimum absolute atomic E-state index is 0.00681. The second-order valence-corrected chi connectivity index (χ2v) is 9.76. The molecule has 1 saturated heterocycles. The molecule has 152 valence electrons. The summed E-state index contributed by atoms with van der Waals surface area (Å²) in [5.41, 5.74) is 0.835. The monoisotopic (exact) mass is 394 g/mol. The third-order valence-corrected chi connectivity index (χ3v) is 7.78. The first-order chi connectivity index (χ1) is 14.0. The van der Waals surface area contributed by atoms with Crippen molar-refractivity contribution in [1.82, 2.24) is 10.0 Å². The van der Waals surface area contributed by atoms with Gasteiger partial charge in [0.05, 0.1) is 0 Å². The fourth-order valence-corrected chi connectivity index (χ4v) is 6.55. The number of para-hydroxylation sites is 1. The molecule has 4 bridgehead atoms. The number of nitrogens with zero attached hydrogens (tertiary/aromatic N) is 1. The third kappa shape index (κ3) is 2.68. The topological polar surface area (TPSA) is 74.7 Å². The van der Waals surface area contributed by atoms with Crippen molar-refractivity contribution in [3.05, 3.63) is 36.0 Å². The number of benzene rings is 1. The third-order valence-electron chi connectivity index (χ3n) is 7.78. The summed E-state index contributed by atoms with van der Waals surface area (Å²) in [6.45, 7) is 1.76. The number of aromatic amines is 1. The summed E-state index contributed by atoms with van der Waals surface area (Å²) in [7, 11) is 0. The van der Waals surface area contributed by atoms with Crippen molar-refractivity contribution in [3.8, 4) is 0 Å². The van der Waals surface area contributed by atoms with E-state index < -0.39 is 11.6 Å². The number of amides is 1. The van der Waals surface area contributed by atoms with Gasteiger partial charge in [-0.25, -0.2) is 9.59 Å². The number of hydrogen-bond donors (Lipinski definition) is 1. The van der Waals surface area contributed by atoms with Crippen molar-refractivity contribution in [1.29, 1.82) is 0 Å². The molecule has 5 aliphatic rings. The Balaban J connectivity index is 1.27. The molecule has 4 saturated carbocycles. The van der Waals surface area contributed by atoms with Crippen molar-refractivity contribution in [2.24, 2.45) is 23.7 Å². The molecule has 0 spiro atoms. The fraction of sp³-hybridized carbons (Fsp3) is 0.565. The maximum Gasteiger partial charge on any atom is 0.469 e. The van der Waals surface area contributed by atoms with Crippen molar-refractivity contribution in [2.75, 3.05) is 0 Å². The summed E-state index contributed by atoms with van der Waals surface area (Å²) in [5, 5.41) is 2.24. The van der Waals surface area contributed by atoms with Crippen molar-refractivity contribution >= 4 is 23.0 Å². The van der Waals surface area contributed by atoms with Gasteiger partial charge in [0.2, 0.25) is 0 Å². The first-order valence-corrected chi connectivity index (χ1v) is 10.8. The van der Waals surface area contributed by atoms with E-state index in [1.807, 2.05) is 30.5 Å². The molecule has 4 aliphatic carbocycles. The molecule has 1 aromatic heterocycles. The smallest absolute Gasteiger partial charge is 0.460 e. The molecule has 0 radical (unpaired) electrons. The highest BCUT2D eigenvalue weighted by Crippen LogP contribution is 2.55. The highest BCUT2D eigenvalue weighted by molar-refractivity contribution is 5.91. The normalized spacial score (nSPS) is 34.2. The number of hydrogen-bond acceptors (Lipinski definition) is 4. The molecule has 7 rings (SSSR count). The lowest BCUT2D eigenvalue weighted by Gasteiger charge is -2.53. The summed E-state index contributed by atoms with van der Waals surface area (Å²) in [6, 6.07) is 7.97. The summed E-state index contributed by atoms with van der Waals surface area (Å²) < 4.78 is 6.18. The van der Waals surface area contributed by atoms with Gasteiger partial charge in [0.1, 0.15) is 6.10 Å². The number of nitrogens with one attached hydrogen (secondary N) is 1. The zero-order valence-electron chi connectivity index (χ0n) is 16.6. The molecule has 1 N–H and O–H groups in total.